The van der Waals surface area contributed by atoms with Crippen molar-refractivity contribution in [3.63, 3.8) is 0 Å². The Morgan fingerprint density at radius 1 is 1.25 bits per heavy atom. The van der Waals surface area contributed by atoms with Gasteiger partial charge in [0.1, 0.15) is 10.3 Å². The quantitative estimate of drug-likeness (QED) is 0.335. The van der Waals surface area contributed by atoms with Gasteiger partial charge in [-0.15, -0.1) is 0 Å². The van der Waals surface area contributed by atoms with Crippen LogP contribution in [-0.4, -0.2) is 38.6 Å². The molecule has 0 fully saturated rings. The van der Waals surface area contributed by atoms with E-state index in [9.17, 15) is 9.59 Å². The van der Waals surface area contributed by atoms with Crippen LogP contribution in [-0.2, 0) is 0 Å². The molecule has 0 bridgehead atoms. The first-order valence-electron chi connectivity index (χ1n) is 7.78. The third-order valence-corrected chi connectivity index (χ3v) is 4.55. The number of hydrogen-bond acceptors (Lipinski definition) is 5. The van der Waals surface area contributed by atoms with Crippen molar-refractivity contribution in [1.82, 2.24) is 19.8 Å². The number of halogens is 3. The van der Waals surface area contributed by atoms with Crippen LogP contribution in [0.2, 0.25) is 10.0 Å². The van der Waals surface area contributed by atoms with Crippen molar-refractivity contribution in [2.45, 2.75) is 0 Å². The summed E-state index contributed by atoms with van der Waals surface area (Å²) in [6, 6.07) is 9.29. The molecule has 144 valence electrons. The molecule has 28 heavy (non-hydrogen) atoms. The van der Waals surface area contributed by atoms with Gasteiger partial charge in [-0.3, -0.25) is 14.6 Å². The molecule has 0 saturated carbocycles. The van der Waals surface area contributed by atoms with Crippen LogP contribution in [0.15, 0.2) is 47.2 Å². The molecule has 8 nitrogen and oxygen atoms in total. The van der Waals surface area contributed by atoms with Crippen LogP contribution in [0.25, 0.3) is 5.82 Å². The van der Waals surface area contributed by atoms with Gasteiger partial charge in [0, 0.05) is 24.3 Å². The minimum Gasteiger partial charge on any atom is -0.320 e. The predicted octanol–water partition coefficient (Wildman–Crippen LogP) is 3.53. The van der Waals surface area contributed by atoms with Gasteiger partial charge in [-0.1, -0.05) is 23.2 Å². The summed E-state index contributed by atoms with van der Waals surface area (Å²) in [4.78, 5) is 29.4. The number of nitrogens with two attached hydrogens (primary N) is 1. The first-order chi connectivity index (χ1) is 13.3. The van der Waals surface area contributed by atoms with Crippen LogP contribution in [0.1, 0.15) is 20.8 Å². The average molecular weight is 484 g/mol. The Morgan fingerprint density at radius 2 is 2.00 bits per heavy atom. The maximum atomic E-state index is 12.9. The molecular formula is C17H13BrCl2N6O2. The molecule has 0 saturated heterocycles. The average Bonchev–Trinajstić information content (AvgIpc) is 3.04. The van der Waals surface area contributed by atoms with Crippen molar-refractivity contribution in [3.8, 4) is 5.82 Å². The van der Waals surface area contributed by atoms with Gasteiger partial charge in [-0.25, -0.2) is 15.5 Å². The highest BCUT2D eigenvalue weighted by Gasteiger charge is 2.21. The fourth-order valence-electron chi connectivity index (χ4n) is 2.39. The van der Waals surface area contributed by atoms with E-state index in [2.05, 4.69) is 31.3 Å². The molecule has 2 amide bonds. The van der Waals surface area contributed by atoms with E-state index in [1.807, 2.05) is 0 Å². The van der Waals surface area contributed by atoms with E-state index in [4.69, 9.17) is 29.0 Å². The van der Waals surface area contributed by atoms with Crippen molar-refractivity contribution in [2.75, 3.05) is 12.4 Å². The zero-order chi connectivity index (χ0) is 20.4. The summed E-state index contributed by atoms with van der Waals surface area (Å²) < 4.78 is 1.71. The molecule has 2 heterocycles. The Balaban J connectivity index is 2.00. The fraction of sp³-hybridized carbons (Fsp3) is 0.0588. The number of nitrogens with zero attached hydrogens (tertiary/aromatic N) is 4. The Hall–Kier alpha value is -2.46. The second-order valence-corrected chi connectivity index (χ2v) is 7.29. The van der Waals surface area contributed by atoms with E-state index in [1.54, 1.807) is 18.2 Å². The molecule has 0 unspecified atom stereocenters. The Morgan fingerprint density at radius 3 is 2.68 bits per heavy atom. The summed E-state index contributed by atoms with van der Waals surface area (Å²) in [7, 11) is 1.39. The number of aromatic nitrogens is 3. The van der Waals surface area contributed by atoms with Crippen LogP contribution in [0.4, 0.5) is 5.69 Å². The summed E-state index contributed by atoms with van der Waals surface area (Å²) in [6.07, 6.45) is 1.53. The predicted molar refractivity (Wildman–Crippen MR) is 110 cm³/mol. The Labute approximate surface area is 178 Å². The van der Waals surface area contributed by atoms with E-state index >= 15 is 0 Å². The van der Waals surface area contributed by atoms with Gasteiger partial charge in [0.2, 0.25) is 0 Å². The number of rotatable bonds is 4. The van der Waals surface area contributed by atoms with Crippen LogP contribution in [0.5, 0.6) is 0 Å². The second-order valence-electron chi connectivity index (χ2n) is 5.63. The summed E-state index contributed by atoms with van der Waals surface area (Å²) in [6.45, 7) is 0. The largest absolute Gasteiger partial charge is 0.320 e. The van der Waals surface area contributed by atoms with E-state index < -0.39 is 11.8 Å². The molecule has 3 rings (SSSR count). The smallest absolute Gasteiger partial charge is 0.274 e. The molecular weight excluding hydrogens is 471 g/mol. The highest BCUT2D eigenvalue weighted by molar-refractivity contribution is 9.10. The van der Waals surface area contributed by atoms with Crippen LogP contribution < -0.4 is 11.2 Å². The molecule has 3 aromatic rings. The van der Waals surface area contributed by atoms with Gasteiger partial charge in [0.15, 0.2) is 5.82 Å². The maximum absolute atomic E-state index is 12.9. The molecule has 0 radical (unpaired) electrons. The van der Waals surface area contributed by atoms with Crippen LogP contribution in [0, 0.1) is 0 Å². The van der Waals surface area contributed by atoms with E-state index in [-0.39, 0.29) is 22.8 Å². The standard InChI is InChI=1S/C17H13BrCl2N6O2/c1-25(21)17(28)10-7-9(19)4-5-12(10)23-16(27)13-8-14(18)24-26(13)15-11(20)3-2-6-22-15/h2-8H,21H2,1H3,(H,23,27). The number of pyridine rings is 1. The lowest BCUT2D eigenvalue weighted by atomic mass is 10.1. The number of carbonyl (C=O) groups is 2. The molecule has 11 heteroatoms. The summed E-state index contributed by atoms with van der Waals surface area (Å²) in [5, 5.41) is 8.44. The summed E-state index contributed by atoms with van der Waals surface area (Å²) in [5.74, 6) is 4.77. The van der Waals surface area contributed by atoms with Gasteiger partial charge in [0.05, 0.1) is 16.3 Å². The highest BCUT2D eigenvalue weighted by Crippen LogP contribution is 2.25. The summed E-state index contributed by atoms with van der Waals surface area (Å²) in [5.41, 5.74) is 0.543. The molecule has 0 aliphatic rings. The number of benzene rings is 1. The van der Waals surface area contributed by atoms with E-state index in [0.717, 1.165) is 5.01 Å². The third-order valence-electron chi connectivity index (χ3n) is 3.63. The van der Waals surface area contributed by atoms with Crippen LogP contribution >= 0.6 is 39.1 Å². The molecule has 0 atom stereocenters. The molecule has 2 aromatic heterocycles. The van der Waals surface area contributed by atoms with Crippen molar-refractivity contribution in [3.05, 3.63) is 68.5 Å². The minimum atomic E-state index is -0.532. The van der Waals surface area contributed by atoms with Crippen molar-refractivity contribution in [2.24, 2.45) is 5.84 Å². The molecule has 0 aliphatic heterocycles. The van der Waals surface area contributed by atoms with Crippen molar-refractivity contribution in [1.29, 1.82) is 0 Å². The van der Waals surface area contributed by atoms with E-state index in [0.29, 0.717) is 14.6 Å². The van der Waals surface area contributed by atoms with Gasteiger partial charge in [-0.05, 0) is 46.3 Å². The lowest BCUT2D eigenvalue weighted by Crippen LogP contribution is -2.34. The number of amides is 2. The number of hydrogen-bond donors (Lipinski definition) is 2. The first kappa shape index (κ1) is 20.3. The second kappa shape index (κ2) is 8.27. The normalized spacial score (nSPS) is 10.6. The number of hydrazine groups is 1. The zero-order valence-corrected chi connectivity index (χ0v) is 17.5. The Bertz CT molecular complexity index is 1070. The number of carbonyl (C=O) groups excluding carboxylic acids is 2. The Kier molecular flexibility index (Phi) is 5.99. The van der Waals surface area contributed by atoms with Gasteiger partial charge in [0.25, 0.3) is 11.8 Å². The maximum Gasteiger partial charge on any atom is 0.274 e. The fourth-order valence-corrected chi connectivity index (χ4v) is 3.14. The lowest BCUT2D eigenvalue weighted by molar-refractivity contribution is 0.0796. The third kappa shape index (κ3) is 4.17. The van der Waals surface area contributed by atoms with E-state index in [1.165, 1.54) is 36.1 Å². The number of anilines is 1. The number of nitrogens with one attached hydrogen (secondary N) is 1. The van der Waals surface area contributed by atoms with Crippen molar-refractivity contribution < 1.29 is 9.59 Å². The van der Waals surface area contributed by atoms with Gasteiger partial charge >= 0.3 is 0 Å². The topological polar surface area (TPSA) is 106 Å². The highest BCUT2D eigenvalue weighted by atomic mass is 79.9. The summed E-state index contributed by atoms with van der Waals surface area (Å²) >= 11 is 15.4. The molecule has 0 spiro atoms. The zero-order valence-electron chi connectivity index (χ0n) is 14.4. The monoisotopic (exact) mass is 482 g/mol. The van der Waals surface area contributed by atoms with Crippen molar-refractivity contribution >= 4 is 56.6 Å². The molecule has 3 N–H and O–H groups in total. The van der Waals surface area contributed by atoms with Gasteiger partial charge < -0.3 is 5.32 Å². The van der Waals surface area contributed by atoms with Gasteiger partial charge in [-0.2, -0.15) is 5.10 Å². The molecule has 0 aliphatic carbocycles. The first-order valence-corrected chi connectivity index (χ1v) is 9.33. The molecule has 1 aromatic carbocycles. The minimum absolute atomic E-state index is 0.145. The van der Waals surface area contributed by atoms with Crippen LogP contribution in [0.3, 0.4) is 0 Å². The SMILES string of the molecule is CN(N)C(=O)c1cc(Cl)ccc1NC(=O)c1cc(Br)nn1-c1ncccc1Cl. The lowest BCUT2D eigenvalue weighted by Gasteiger charge is -2.15.